The first-order valence-electron chi connectivity index (χ1n) is 5.55. The van der Waals surface area contributed by atoms with Crippen LogP contribution < -0.4 is 0 Å². The van der Waals surface area contributed by atoms with Gasteiger partial charge < -0.3 is 4.57 Å². The molecule has 0 saturated carbocycles. The minimum Gasteiger partial charge on any atom is -0.351 e. The van der Waals surface area contributed by atoms with Crippen molar-refractivity contribution in [2.75, 3.05) is 12.3 Å². The zero-order chi connectivity index (χ0) is 13.4. The number of aryl methyl sites for hydroxylation is 1. The molecule has 18 heavy (non-hydrogen) atoms. The van der Waals surface area contributed by atoms with Gasteiger partial charge in [0.25, 0.3) is 5.24 Å². The minimum absolute atomic E-state index is 0.138. The highest BCUT2D eigenvalue weighted by Crippen LogP contribution is 2.20. The van der Waals surface area contributed by atoms with Gasteiger partial charge in [-0.3, -0.25) is 19.3 Å². The molecule has 96 valence electrons. The van der Waals surface area contributed by atoms with Crippen LogP contribution in [0, 0.1) is 13.8 Å². The Hall–Kier alpha value is -1.56. The fraction of sp³-hybridized carbons (Fsp3) is 0.417. The van der Waals surface area contributed by atoms with Crippen molar-refractivity contribution in [2.45, 2.75) is 13.8 Å². The molecule has 0 unspecified atom stereocenters. The van der Waals surface area contributed by atoms with E-state index in [4.69, 9.17) is 0 Å². The summed E-state index contributed by atoms with van der Waals surface area (Å²) in [7, 11) is 1.88. The van der Waals surface area contributed by atoms with Crippen LogP contribution in [-0.2, 0) is 11.8 Å². The van der Waals surface area contributed by atoms with Crippen molar-refractivity contribution in [3.8, 4) is 0 Å². The van der Waals surface area contributed by atoms with Gasteiger partial charge in [0.15, 0.2) is 5.78 Å². The van der Waals surface area contributed by atoms with E-state index in [-0.39, 0.29) is 29.2 Å². The predicted octanol–water partition coefficient (Wildman–Crippen LogP) is 1.52. The SMILES string of the molecule is Cc1cc(C(=O)CN2C(=O)CSC2=O)c(C)n1C. The van der Waals surface area contributed by atoms with Gasteiger partial charge in [-0.15, -0.1) is 0 Å². The average molecular weight is 266 g/mol. The molecule has 1 saturated heterocycles. The lowest BCUT2D eigenvalue weighted by Crippen LogP contribution is -2.34. The minimum atomic E-state index is -0.335. The smallest absolute Gasteiger partial charge is 0.289 e. The number of thioether (sulfide) groups is 1. The molecule has 0 aliphatic carbocycles. The number of aromatic nitrogens is 1. The summed E-state index contributed by atoms with van der Waals surface area (Å²) in [6.45, 7) is 3.60. The fourth-order valence-corrected chi connectivity index (χ4v) is 2.63. The third-order valence-corrected chi connectivity index (χ3v) is 4.08. The van der Waals surface area contributed by atoms with Crippen molar-refractivity contribution < 1.29 is 14.4 Å². The number of hydrogen-bond acceptors (Lipinski definition) is 4. The molecular weight excluding hydrogens is 252 g/mol. The highest BCUT2D eigenvalue weighted by Gasteiger charge is 2.32. The summed E-state index contributed by atoms with van der Waals surface area (Å²) >= 11 is 0.943. The number of Topliss-reactive ketones (excluding diaryl/α,β-unsaturated/α-hetero) is 1. The van der Waals surface area contributed by atoms with E-state index in [1.807, 2.05) is 25.5 Å². The third kappa shape index (κ3) is 2.08. The van der Waals surface area contributed by atoms with Gasteiger partial charge in [-0.05, 0) is 19.9 Å². The second-order valence-corrected chi connectivity index (χ2v) is 5.23. The maximum absolute atomic E-state index is 12.1. The Bertz CT molecular complexity index is 532. The van der Waals surface area contributed by atoms with Crippen molar-refractivity contribution in [3.63, 3.8) is 0 Å². The van der Waals surface area contributed by atoms with E-state index in [0.29, 0.717) is 5.56 Å². The maximum atomic E-state index is 12.1. The molecule has 1 fully saturated rings. The Kier molecular flexibility index (Phi) is 3.30. The Morgan fingerprint density at radius 1 is 1.39 bits per heavy atom. The molecule has 1 aliphatic heterocycles. The number of amides is 2. The van der Waals surface area contributed by atoms with E-state index >= 15 is 0 Å². The van der Waals surface area contributed by atoms with Crippen molar-refractivity contribution in [1.29, 1.82) is 0 Å². The van der Waals surface area contributed by atoms with Gasteiger partial charge in [0.05, 0.1) is 12.3 Å². The fourth-order valence-electron chi connectivity index (χ4n) is 1.90. The molecule has 2 amide bonds. The van der Waals surface area contributed by atoms with Crippen molar-refractivity contribution in [3.05, 3.63) is 23.0 Å². The van der Waals surface area contributed by atoms with Crippen molar-refractivity contribution >= 4 is 28.7 Å². The Labute approximate surface area is 109 Å². The standard InChI is InChI=1S/C12H14N2O3S/c1-7-4-9(8(2)13(7)3)10(15)5-14-11(16)6-18-12(14)17/h4H,5-6H2,1-3H3. The van der Waals surface area contributed by atoms with E-state index in [1.54, 1.807) is 6.07 Å². The van der Waals surface area contributed by atoms with Crippen molar-refractivity contribution in [2.24, 2.45) is 7.05 Å². The van der Waals surface area contributed by atoms with Crippen LogP contribution in [-0.4, -0.2) is 38.7 Å². The molecule has 2 rings (SSSR count). The first-order chi connectivity index (χ1) is 8.41. The topological polar surface area (TPSA) is 59.4 Å². The molecule has 5 nitrogen and oxygen atoms in total. The Morgan fingerprint density at radius 3 is 2.50 bits per heavy atom. The molecule has 0 N–H and O–H groups in total. The van der Waals surface area contributed by atoms with Crippen LogP contribution in [0.25, 0.3) is 0 Å². The van der Waals surface area contributed by atoms with Gasteiger partial charge in [-0.1, -0.05) is 11.8 Å². The number of ketones is 1. The van der Waals surface area contributed by atoms with Crippen molar-refractivity contribution in [1.82, 2.24) is 9.47 Å². The first kappa shape index (κ1) is 12.9. The first-order valence-corrected chi connectivity index (χ1v) is 6.53. The molecule has 1 aromatic heterocycles. The van der Waals surface area contributed by atoms with Gasteiger partial charge in [0.1, 0.15) is 0 Å². The maximum Gasteiger partial charge on any atom is 0.289 e. The number of nitrogens with zero attached hydrogens (tertiary/aromatic N) is 2. The van der Waals surface area contributed by atoms with Crippen LogP contribution in [0.5, 0.6) is 0 Å². The van der Waals surface area contributed by atoms with E-state index in [0.717, 1.165) is 28.0 Å². The van der Waals surface area contributed by atoms with Crippen LogP contribution >= 0.6 is 11.8 Å². The highest BCUT2D eigenvalue weighted by atomic mass is 32.2. The van der Waals surface area contributed by atoms with E-state index < -0.39 is 0 Å². The zero-order valence-corrected chi connectivity index (χ0v) is 11.3. The molecule has 6 heteroatoms. The summed E-state index contributed by atoms with van der Waals surface area (Å²) in [5.74, 6) is -0.345. The summed E-state index contributed by atoms with van der Waals surface area (Å²) in [6.07, 6.45) is 0. The zero-order valence-electron chi connectivity index (χ0n) is 10.5. The van der Waals surface area contributed by atoms with Gasteiger partial charge in [-0.25, -0.2) is 0 Å². The Balaban J connectivity index is 2.20. The van der Waals surface area contributed by atoms with E-state index in [1.165, 1.54) is 0 Å². The third-order valence-electron chi connectivity index (χ3n) is 3.22. The van der Waals surface area contributed by atoms with Gasteiger partial charge in [0.2, 0.25) is 5.91 Å². The molecule has 1 aromatic rings. The van der Waals surface area contributed by atoms with Crippen LogP contribution in [0.2, 0.25) is 0 Å². The lowest BCUT2D eigenvalue weighted by atomic mass is 10.1. The molecule has 0 atom stereocenters. The molecule has 2 heterocycles. The lowest BCUT2D eigenvalue weighted by Gasteiger charge is -2.11. The second kappa shape index (κ2) is 4.61. The summed E-state index contributed by atoms with van der Waals surface area (Å²) < 4.78 is 1.91. The summed E-state index contributed by atoms with van der Waals surface area (Å²) in [6, 6.07) is 1.79. The van der Waals surface area contributed by atoms with Gasteiger partial charge >= 0.3 is 0 Å². The van der Waals surface area contributed by atoms with Crippen LogP contribution in [0.15, 0.2) is 6.07 Å². The van der Waals surface area contributed by atoms with E-state index in [2.05, 4.69) is 0 Å². The van der Waals surface area contributed by atoms with Gasteiger partial charge in [-0.2, -0.15) is 0 Å². The quantitative estimate of drug-likeness (QED) is 0.778. The summed E-state index contributed by atoms with van der Waals surface area (Å²) in [5, 5.41) is -0.335. The number of hydrogen-bond donors (Lipinski definition) is 0. The molecule has 0 aromatic carbocycles. The van der Waals surface area contributed by atoms with Crippen LogP contribution in [0.3, 0.4) is 0 Å². The van der Waals surface area contributed by atoms with Crippen LogP contribution in [0.4, 0.5) is 4.79 Å². The Morgan fingerprint density at radius 2 is 2.06 bits per heavy atom. The van der Waals surface area contributed by atoms with Crippen LogP contribution in [0.1, 0.15) is 21.7 Å². The van der Waals surface area contributed by atoms with Gasteiger partial charge in [0, 0.05) is 24.0 Å². The molecular formula is C12H14N2O3S. The number of carbonyl (C=O) groups excluding carboxylic acids is 3. The van der Waals surface area contributed by atoms with E-state index in [9.17, 15) is 14.4 Å². The monoisotopic (exact) mass is 266 g/mol. The number of rotatable bonds is 3. The molecule has 0 radical (unpaired) electrons. The lowest BCUT2D eigenvalue weighted by molar-refractivity contribution is -0.124. The predicted molar refractivity (Wildman–Crippen MR) is 68.8 cm³/mol. The molecule has 0 spiro atoms. The number of carbonyl (C=O) groups is 3. The highest BCUT2D eigenvalue weighted by molar-refractivity contribution is 8.14. The summed E-state index contributed by atoms with van der Waals surface area (Å²) in [5.41, 5.74) is 2.40. The molecule has 0 bridgehead atoms. The largest absolute Gasteiger partial charge is 0.351 e. The second-order valence-electron chi connectivity index (χ2n) is 4.30. The normalized spacial score (nSPS) is 15.6. The summed E-state index contributed by atoms with van der Waals surface area (Å²) in [4.78, 5) is 36.0. The number of imide groups is 1. The molecule has 1 aliphatic rings. The average Bonchev–Trinajstić information content (AvgIpc) is 2.77.